The van der Waals surface area contributed by atoms with Gasteiger partial charge in [0.15, 0.2) is 0 Å². The molecule has 0 saturated carbocycles. The highest BCUT2D eigenvalue weighted by molar-refractivity contribution is 5.88. The minimum Gasteiger partial charge on any atom is -0.497 e. The van der Waals surface area contributed by atoms with Crippen molar-refractivity contribution in [3.63, 3.8) is 0 Å². The zero-order valence-electron chi connectivity index (χ0n) is 18.5. The molecule has 0 saturated heterocycles. The summed E-state index contributed by atoms with van der Waals surface area (Å²) in [5, 5.41) is 8.76. The predicted molar refractivity (Wildman–Crippen MR) is 129 cm³/mol. The Morgan fingerprint density at radius 1 is 1.03 bits per heavy atom. The number of fused-ring (bicyclic) bond motifs is 1. The molecule has 0 amide bonds. The number of imidazole rings is 1. The highest BCUT2D eigenvalue weighted by atomic mass is 16.5. The number of nitrogens with zero attached hydrogens (tertiary/aromatic N) is 2. The SMILES string of the molecule is COc1ccc(-n2c(-c3ccccc3)nc3cc(N)c(OCCCCCC(=O)O)cc32)cc1. The van der Waals surface area contributed by atoms with Gasteiger partial charge in [-0.3, -0.25) is 9.36 Å². The number of methoxy groups -OCH3 is 1. The number of carboxylic acid groups (broad SMARTS) is 1. The first kappa shape index (κ1) is 22.2. The van der Waals surface area contributed by atoms with Crippen molar-refractivity contribution in [1.29, 1.82) is 0 Å². The van der Waals surface area contributed by atoms with Gasteiger partial charge in [-0.25, -0.2) is 4.98 Å². The molecule has 0 aliphatic carbocycles. The van der Waals surface area contributed by atoms with Gasteiger partial charge >= 0.3 is 5.97 Å². The third-order valence-electron chi connectivity index (χ3n) is 5.44. The van der Waals surface area contributed by atoms with Crippen LogP contribution in [0.4, 0.5) is 5.69 Å². The van der Waals surface area contributed by atoms with E-state index < -0.39 is 5.97 Å². The Hall–Kier alpha value is -4.00. The largest absolute Gasteiger partial charge is 0.497 e. The van der Waals surface area contributed by atoms with Gasteiger partial charge < -0.3 is 20.3 Å². The van der Waals surface area contributed by atoms with E-state index in [2.05, 4.69) is 4.57 Å². The normalized spacial score (nSPS) is 10.9. The molecule has 33 heavy (non-hydrogen) atoms. The van der Waals surface area contributed by atoms with Gasteiger partial charge in [0.1, 0.15) is 17.3 Å². The molecule has 0 fully saturated rings. The average molecular weight is 446 g/mol. The highest BCUT2D eigenvalue weighted by Crippen LogP contribution is 2.34. The number of ether oxygens (including phenoxy) is 2. The predicted octanol–water partition coefficient (Wildman–Crippen LogP) is 5.31. The molecule has 3 aromatic carbocycles. The van der Waals surface area contributed by atoms with Gasteiger partial charge in [-0.05, 0) is 49.6 Å². The van der Waals surface area contributed by atoms with E-state index in [1.165, 1.54) is 0 Å². The molecule has 0 bridgehead atoms. The molecule has 0 radical (unpaired) electrons. The summed E-state index contributed by atoms with van der Waals surface area (Å²) in [5.41, 5.74) is 10.4. The van der Waals surface area contributed by atoms with Crippen molar-refractivity contribution in [3.8, 4) is 28.6 Å². The van der Waals surface area contributed by atoms with Crippen LogP contribution in [0.5, 0.6) is 11.5 Å². The molecule has 1 aromatic heterocycles. The molecule has 0 aliphatic rings. The van der Waals surface area contributed by atoms with Crippen molar-refractivity contribution in [2.75, 3.05) is 19.5 Å². The van der Waals surface area contributed by atoms with Gasteiger partial charge in [-0.15, -0.1) is 0 Å². The van der Waals surface area contributed by atoms with Gasteiger partial charge in [0.05, 0.1) is 30.4 Å². The number of anilines is 1. The molecule has 170 valence electrons. The minimum atomic E-state index is -0.772. The van der Waals surface area contributed by atoms with E-state index in [9.17, 15) is 4.79 Å². The van der Waals surface area contributed by atoms with E-state index in [4.69, 9.17) is 25.3 Å². The standard InChI is InChI=1S/C26H27N3O4/c1-32-20-13-11-19(12-14-20)29-23-17-24(33-15-7-3-6-10-25(30)31)21(27)16-22(23)28-26(29)18-8-4-2-5-9-18/h2,4-5,8-9,11-14,16-17H,3,6-7,10,15,27H2,1H3,(H,30,31). The summed E-state index contributed by atoms with van der Waals surface area (Å²) in [6.45, 7) is 0.470. The summed E-state index contributed by atoms with van der Waals surface area (Å²) in [4.78, 5) is 15.5. The van der Waals surface area contributed by atoms with E-state index in [1.807, 2.05) is 66.7 Å². The third-order valence-corrected chi connectivity index (χ3v) is 5.44. The molecular formula is C26H27N3O4. The molecule has 1 heterocycles. The van der Waals surface area contributed by atoms with Gasteiger partial charge in [0.25, 0.3) is 0 Å². The summed E-state index contributed by atoms with van der Waals surface area (Å²) in [7, 11) is 1.64. The van der Waals surface area contributed by atoms with Gasteiger partial charge in [-0.2, -0.15) is 0 Å². The Bertz CT molecular complexity index is 1230. The lowest BCUT2D eigenvalue weighted by molar-refractivity contribution is -0.137. The summed E-state index contributed by atoms with van der Waals surface area (Å²) >= 11 is 0. The fourth-order valence-electron chi connectivity index (χ4n) is 3.76. The van der Waals surface area contributed by atoms with Crippen LogP contribution < -0.4 is 15.2 Å². The van der Waals surface area contributed by atoms with Crippen molar-refractivity contribution in [1.82, 2.24) is 9.55 Å². The Labute approximate surface area is 192 Å². The second-order valence-corrected chi connectivity index (χ2v) is 7.77. The summed E-state index contributed by atoms with van der Waals surface area (Å²) in [5.74, 6) is 1.41. The lowest BCUT2D eigenvalue weighted by atomic mass is 10.2. The molecule has 7 heteroatoms. The van der Waals surface area contributed by atoms with Gasteiger partial charge in [0, 0.05) is 23.7 Å². The first-order chi connectivity index (χ1) is 16.1. The fourth-order valence-corrected chi connectivity index (χ4v) is 3.76. The molecule has 3 N–H and O–H groups in total. The number of aromatic nitrogens is 2. The van der Waals surface area contributed by atoms with Crippen LogP contribution in [0, 0.1) is 0 Å². The summed E-state index contributed by atoms with van der Waals surface area (Å²) < 4.78 is 13.4. The molecule has 0 atom stereocenters. The highest BCUT2D eigenvalue weighted by Gasteiger charge is 2.17. The number of benzene rings is 3. The van der Waals surface area contributed by atoms with E-state index in [-0.39, 0.29) is 6.42 Å². The fraction of sp³-hybridized carbons (Fsp3) is 0.231. The number of nitrogen functional groups attached to an aromatic ring is 1. The van der Waals surface area contributed by atoms with Crippen LogP contribution >= 0.6 is 0 Å². The number of unbranched alkanes of at least 4 members (excludes halogenated alkanes) is 2. The molecular weight excluding hydrogens is 418 g/mol. The number of rotatable bonds is 10. The Balaban J connectivity index is 1.69. The molecule has 7 nitrogen and oxygen atoms in total. The van der Waals surface area contributed by atoms with Crippen molar-refractivity contribution < 1.29 is 19.4 Å². The van der Waals surface area contributed by atoms with Crippen molar-refractivity contribution in [3.05, 3.63) is 66.7 Å². The summed E-state index contributed by atoms with van der Waals surface area (Å²) in [6.07, 6.45) is 2.36. The number of hydrogen-bond acceptors (Lipinski definition) is 5. The molecule has 0 spiro atoms. The quantitative estimate of drug-likeness (QED) is 0.254. The van der Waals surface area contributed by atoms with Crippen LogP contribution in [-0.2, 0) is 4.79 Å². The smallest absolute Gasteiger partial charge is 0.303 e. The lowest BCUT2D eigenvalue weighted by Crippen LogP contribution is -2.02. The number of hydrogen-bond donors (Lipinski definition) is 2. The number of carboxylic acids is 1. The van der Waals surface area contributed by atoms with Crippen molar-refractivity contribution >= 4 is 22.7 Å². The molecule has 4 aromatic rings. The van der Waals surface area contributed by atoms with Crippen molar-refractivity contribution in [2.24, 2.45) is 0 Å². The topological polar surface area (TPSA) is 99.6 Å². The van der Waals surface area contributed by atoms with Crippen LogP contribution in [0.3, 0.4) is 0 Å². The maximum absolute atomic E-state index is 10.6. The van der Waals surface area contributed by atoms with Crippen LogP contribution in [0.1, 0.15) is 25.7 Å². The Morgan fingerprint density at radius 2 is 1.79 bits per heavy atom. The van der Waals surface area contributed by atoms with E-state index in [0.29, 0.717) is 24.5 Å². The van der Waals surface area contributed by atoms with Gasteiger partial charge in [-0.1, -0.05) is 30.3 Å². The zero-order chi connectivity index (χ0) is 23.2. The Morgan fingerprint density at radius 3 is 2.48 bits per heavy atom. The second kappa shape index (κ2) is 10.1. The second-order valence-electron chi connectivity index (χ2n) is 7.77. The first-order valence-electron chi connectivity index (χ1n) is 10.9. The van der Waals surface area contributed by atoms with Crippen molar-refractivity contribution in [2.45, 2.75) is 25.7 Å². The third kappa shape index (κ3) is 5.09. The number of nitrogens with two attached hydrogens (primary N) is 1. The van der Waals surface area contributed by atoms with Crippen LogP contribution in [0.15, 0.2) is 66.7 Å². The number of carbonyl (C=O) groups is 1. The van der Waals surface area contributed by atoms with E-state index in [0.717, 1.165) is 46.7 Å². The maximum atomic E-state index is 10.6. The molecule has 0 aliphatic heterocycles. The number of aliphatic carboxylic acids is 1. The summed E-state index contributed by atoms with van der Waals surface area (Å²) in [6, 6.07) is 21.6. The lowest BCUT2D eigenvalue weighted by Gasteiger charge is -2.12. The first-order valence-corrected chi connectivity index (χ1v) is 10.9. The Kier molecular flexibility index (Phi) is 6.78. The van der Waals surface area contributed by atoms with Crippen LogP contribution in [-0.4, -0.2) is 34.3 Å². The molecule has 4 rings (SSSR count). The van der Waals surface area contributed by atoms with Crippen LogP contribution in [0.2, 0.25) is 0 Å². The monoisotopic (exact) mass is 445 g/mol. The average Bonchev–Trinajstić information content (AvgIpc) is 3.19. The zero-order valence-corrected chi connectivity index (χ0v) is 18.5. The van der Waals surface area contributed by atoms with Crippen LogP contribution in [0.25, 0.3) is 28.1 Å². The van der Waals surface area contributed by atoms with E-state index in [1.54, 1.807) is 7.11 Å². The minimum absolute atomic E-state index is 0.178. The van der Waals surface area contributed by atoms with Gasteiger partial charge in [0.2, 0.25) is 0 Å². The maximum Gasteiger partial charge on any atom is 0.303 e. The van der Waals surface area contributed by atoms with E-state index >= 15 is 0 Å². The molecule has 0 unspecified atom stereocenters.